The summed E-state index contributed by atoms with van der Waals surface area (Å²) in [6.07, 6.45) is 8.27. The van der Waals surface area contributed by atoms with Crippen molar-refractivity contribution in [1.29, 1.82) is 0 Å². The minimum Gasteiger partial charge on any atom is -0.472 e. The van der Waals surface area contributed by atoms with E-state index < -0.39 is 0 Å². The Morgan fingerprint density at radius 3 is 2.87 bits per heavy atom. The monoisotopic (exact) mass is 408 g/mol. The van der Waals surface area contributed by atoms with E-state index >= 15 is 0 Å². The van der Waals surface area contributed by atoms with Gasteiger partial charge in [0, 0.05) is 44.1 Å². The molecule has 1 N–H and O–H groups in total. The first-order chi connectivity index (χ1) is 14.3. The number of ether oxygens (including phenoxy) is 1. The summed E-state index contributed by atoms with van der Waals surface area (Å²) in [4.78, 5) is 21.1. The van der Waals surface area contributed by atoms with E-state index in [1.807, 2.05) is 40.8 Å². The number of nitrogens with one attached hydrogen (secondary N) is 1. The summed E-state index contributed by atoms with van der Waals surface area (Å²) in [6.45, 7) is 10.8. The number of rotatable bonds is 6. The molecule has 0 aromatic carbocycles. The van der Waals surface area contributed by atoms with Crippen molar-refractivity contribution in [2.75, 3.05) is 6.54 Å². The topological polar surface area (TPSA) is 86.9 Å². The molecule has 3 aromatic rings. The Morgan fingerprint density at radius 1 is 1.43 bits per heavy atom. The van der Waals surface area contributed by atoms with Crippen LogP contribution in [0, 0.1) is 5.92 Å². The lowest BCUT2D eigenvalue weighted by molar-refractivity contribution is -0.119. The summed E-state index contributed by atoms with van der Waals surface area (Å²) < 4.78 is 10.2. The van der Waals surface area contributed by atoms with Crippen LogP contribution < -0.4 is 10.1 Å². The third-order valence-electron chi connectivity index (χ3n) is 5.43. The summed E-state index contributed by atoms with van der Waals surface area (Å²) >= 11 is 0. The molecule has 1 aliphatic heterocycles. The predicted molar refractivity (Wildman–Crippen MR) is 115 cm³/mol. The molecule has 0 spiro atoms. The van der Waals surface area contributed by atoms with Crippen LogP contribution in [0.15, 0.2) is 37.4 Å². The number of fused-ring (bicyclic) bond motifs is 1. The summed E-state index contributed by atoms with van der Waals surface area (Å²) in [5.41, 5.74) is 3.17. The van der Waals surface area contributed by atoms with Gasteiger partial charge in [0.1, 0.15) is 11.6 Å². The van der Waals surface area contributed by atoms with Crippen LogP contribution in [-0.2, 0) is 17.4 Å². The molecule has 158 valence electrons. The normalized spacial score (nSPS) is 17.9. The van der Waals surface area contributed by atoms with Gasteiger partial charge >= 0.3 is 0 Å². The van der Waals surface area contributed by atoms with Crippen molar-refractivity contribution in [3.05, 3.63) is 37.4 Å². The fourth-order valence-corrected chi connectivity index (χ4v) is 3.73. The molecule has 8 nitrogen and oxygen atoms in total. The largest absolute Gasteiger partial charge is 0.472 e. The molecular weight excluding hydrogens is 380 g/mol. The van der Waals surface area contributed by atoms with Crippen molar-refractivity contribution >= 4 is 16.9 Å². The Balaban J connectivity index is 1.74. The Labute approximate surface area is 176 Å². The number of carbonyl (C=O) groups excluding carboxylic acids is 1. The Bertz CT molecular complexity index is 1090. The molecule has 8 heteroatoms. The van der Waals surface area contributed by atoms with Crippen molar-refractivity contribution in [3.63, 3.8) is 0 Å². The average Bonchev–Trinajstić information content (AvgIpc) is 3.41. The molecular formula is C22H28N6O2. The van der Waals surface area contributed by atoms with Gasteiger partial charge in [-0.3, -0.25) is 9.48 Å². The molecule has 1 saturated heterocycles. The molecule has 4 rings (SSSR count). The molecule has 4 heterocycles. The number of amides is 1. The minimum atomic E-state index is -0.195. The minimum absolute atomic E-state index is 0.0552. The van der Waals surface area contributed by atoms with Crippen LogP contribution in [0.25, 0.3) is 22.3 Å². The Kier molecular flexibility index (Phi) is 5.09. The molecule has 2 atom stereocenters. The third-order valence-corrected chi connectivity index (χ3v) is 5.43. The van der Waals surface area contributed by atoms with Gasteiger partial charge in [-0.2, -0.15) is 5.10 Å². The Hall–Kier alpha value is -3.16. The summed E-state index contributed by atoms with van der Waals surface area (Å²) in [5, 5.41) is 7.38. The highest BCUT2D eigenvalue weighted by molar-refractivity contribution is 5.84. The smallest absolute Gasteiger partial charge is 0.241 e. The van der Waals surface area contributed by atoms with Crippen LogP contribution >= 0.6 is 0 Å². The van der Waals surface area contributed by atoms with Crippen molar-refractivity contribution in [3.8, 4) is 17.1 Å². The summed E-state index contributed by atoms with van der Waals surface area (Å²) in [5.74, 6) is 0.643. The van der Waals surface area contributed by atoms with Crippen LogP contribution in [0.1, 0.15) is 33.6 Å². The molecule has 2 unspecified atom stereocenters. The van der Waals surface area contributed by atoms with Crippen molar-refractivity contribution in [2.24, 2.45) is 13.0 Å². The first kappa shape index (κ1) is 20.1. The SMILES string of the molecule is C=CCC(Oc1nc(-c2cnn(C(C)(C)C)c2)cc2ncn(C)c12)C1CNC(=O)C1. The lowest BCUT2D eigenvalue weighted by atomic mass is 9.98. The zero-order valence-electron chi connectivity index (χ0n) is 17.9. The first-order valence-electron chi connectivity index (χ1n) is 10.2. The van der Waals surface area contributed by atoms with Gasteiger partial charge in [0.15, 0.2) is 0 Å². The van der Waals surface area contributed by atoms with E-state index in [0.717, 1.165) is 22.3 Å². The second-order valence-corrected chi connectivity index (χ2v) is 8.83. The van der Waals surface area contributed by atoms with Gasteiger partial charge in [0.05, 0.1) is 29.3 Å². The number of nitrogens with zero attached hydrogens (tertiary/aromatic N) is 5. The summed E-state index contributed by atoms with van der Waals surface area (Å²) in [7, 11) is 1.92. The van der Waals surface area contributed by atoms with Gasteiger partial charge in [-0.1, -0.05) is 6.08 Å². The van der Waals surface area contributed by atoms with Crippen molar-refractivity contribution in [2.45, 2.75) is 45.3 Å². The van der Waals surface area contributed by atoms with Crippen LogP contribution in [0.4, 0.5) is 0 Å². The number of aryl methyl sites for hydroxylation is 1. The van der Waals surface area contributed by atoms with Crippen LogP contribution in [0.3, 0.4) is 0 Å². The van der Waals surface area contributed by atoms with Gasteiger partial charge in [-0.25, -0.2) is 9.97 Å². The van der Waals surface area contributed by atoms with E-state index in [4.69, 9.17) is 9.72 Å². The van der Waals surface area contributed by atoms with Gasteiger partial charge in [0.25, 0.3) is 0 Å². The quantitative estimate of drug-likeness (QED) is 0.634. The average molecular weight is 409 g/mol. The van der Waals surface area contributed by atoms with Crippen LogP contribution in [0.5, 0.6) is 5.88 Å². The molecule has 0 bridgehead atoms. The molecule has 0 aliphatic carbocycles. The second kappa shape index (κ2) is 7.59. The summed E-state index contributed by atoms with van der Waals surface area (Å²) in [6, 6.07) is 1.95. The number of pyridine rings is 1. The molecule has 1 fully saturated rings. The van der Waals surface area contributed by atoms with Gasteiger partial charge < -0.3 is 14.6 Å². The molecule has 0 radical (unpaired) electrons. The second-order valence-electron chi connectivity index (χ2n) is 8.83. The van der Waals surface area contributed by atoms with Crippen LogP contribution in [0.2, 0.25) is 0 Å². The third kappa shape index (κ3) is 3.81. The molecule has 1 amide bonds. The van der Waals surface area contributed by atoms with E-state index in [0.29, 0.717) is 25.3 Å². The highest BCUT2D eigenvalue weighted by Crippen LogP contribution is 2.31. The standard InChI is InChI=1S/C22H28N6O2/c1-6-7-18(14-8-19(29)23-10-14)30-21-20-17(24-13-27(20)5)9-16(26-21)15-11-25-28(12-15)22(2,3)4/h6,9,11-14,18H,1,7-8,10H2,2-5H3,(H,23,29). The van der Waals surface area contributed by atoms with Gasteiger partial charge in [-0.15, -0.1) is 6.58 Å². The molecule has 3 aromatic heterocycles. The number of hydrogen-bond acceptors (Lipinski definition) is 5. The fourth-order valence-electron chi connectivity index (χ4n) is 3.73. The Morgan fingerprint density at radius 2 is 2.23 bits per heavy atom. The molecule has 30 heavy (non-hydrogen) atoms. The van der Waals surface area contributed by atoms with E-state index in [1.54, 1.807) is 6.33 Å². The van der Waals surface area contributed by atoms with E-state index in [9.17, 15) is 4.79 Å². The number of carbonyl (C=O) groups is 1. The maximum atomic E-state index is 11.7. The van der Waals surface area contributed by atoms with Crippen molar-refractivity contribution < 1.29 is 9.53 Å². The zero-order chi connectivity index (χ0) is 21.5. The van der Waals surface area contributed by atoms with E-state index in [1.165, 1.54) is 0 Å². The maximum Gasteiger partial charge on any atom is 0.241 e. The van der Waals surface area contributed by atoms with Gasteiger partial charge in [0.2, 0.25) is 11.8 Å². The highest BCUT2D eigenvalue weighted by atomic mass is 16.5. The first-order valence-corrected chi connectivity index (χ1v) is 10.2. The zero-order valence-corrected chi connectivity index (χ0v) is 17.9. The lowest BCUT2D eigenvalue weighted by Crippen LogP contribution is -2.29. The maximum absolute atomic E-state index is 11.7. The lowest BCUT2D eigenvalue weighted by Gasteiger charge is -2.23. The van der Waals surface area contributed by atoms with E-state index in [-0.39, 0.29) is 23.5 Å². The fraction of sp³-hybridized carbons (Fsp3) is 0.455. The van der Waals surface area contributed by atoms with Crippen LogP contribution in [-0.4, -0.2) is 42.9 Å². The molecule has 0 saturated carbocycles. The van der Waals surface area contributed by atoms with E-state index in [2.05, 4.69) is 42.7 Å². The van der Waals surface area contributed by atoms with Crippen molar-refractivity contribution in [1.82, 2.24) is 29.6 Å². The number of hydrogen-bond donors (Lipinski definition) is 1. The molecule has 1 aliphatic rings. The van der Waals surface area contributed by atoms with Gasteiger partial charge in [-0.05, 0) is 26.8 Å². The highest BCUT2D eigenvalue weighted by Gasteiger charge is 2.31. The predicted octanol–water partition coefficient (Wildman–Crippen LogP) is 3.05. The number of imidazole rings is 1. The number of aromatic nitrogens is 5.